The Balaban J connectivity index is 1.44. The summed E-state index contributed by atoms with van der Waals surface area (Å²) in [6.07, 6.45) is 2.90. The Morgan fingerprint density at radius 2 is 1.74 bits per heavy atom. The summed E-state index contributed by atoms with van der Waals surface area (Å²) in [6.45, 7) is 17.0. The Hall–Kier alpha value is -1.74. The summed E-state index contributed by atoms with van der Waals surface area (Å²) in [4.78, 5) is 24.0. The summed E-state index contributed by atoms with van der Waals surface area (Å²) in [5, 5.41) is 0.120. The molecule has 1 unspecified atom stereocenters. The smallest absolute Gasteiger partial charge is 0.320 e. The van der Waals surface area contributed by atoms with Crippen molar-refractivity contribution in [3.05, 3.63) is 63.9 Å². The molecule has 0 radical (unpaired) electrons. The van der Waals surface area contributed by atoms with E-state index >= 15 is 0 Å². The summed E-state index contributed by atoms with van der Waals surface area (Å²) < 4.78 is 7.75. The van der Waals surface area contributed by atoms with Gasteiger partial charge >= 0.3 is 6.03 Å². The SMILES string of the molecule is CC(C)(C)[Si](C)(C)OC(CN1CCc2ccccc2C1)CN1CCN(Cc2ccc(Br)nc2)C1=O. The fourth-order valence-electron chi connectivity index (χ4n) is 4.64. The van der Waals surface area contributed by atoms with Crippen LogP contribution >= 0.6 is 15.9 Å². The number of benzene rings is 1. The first-order valence-electron chi connectivity index (χ1n) is 12.6. The lowest BCUT2D eigenvalue weighted by atomic mass is 10.00. The average Bonchev–Trinajstić information content (AvgIpc) is 3.13. The van der Waals surface area contributed by atoms with Gasteiger partial charge in [-0.15, -0.1) is 0 Å². The van der Waals surface area contributed by atoms with Gasteiger partial charge in [0.25, 0.3) is 0 Å². The minimum absolute atomic E-state index is 0.000554. The van der Waals surface area contributed by atoms with Crippen LogP contribution in [-0.4, -0.2) is 72.9 Å². The van der Waals surface area contributed by atoms with Crippen LogP contribution < -0.4 is 0 Å². The van der Waals surface area contributed by atoms with Gasteiger partial charge in [0.1, 0.15) is 4.60 Å². The Kier molecular flexibility index (Phi) is 8.05. The van der Waals surface area contributed by atoms with Crippen LogP contribution in [0, 0.1) is 0 Å². The molecule has 2 amide bonds. The molecule has 1 aromatic carbocycles. The van der Waals surface area contributed by atoms with Gasteiger partial charge in [-0.2, -0.15) is 0 Å². The van der Waals surface area contributed by atoms with Crippen LogP contribution in [0.15, 0.2) is 47.2 Å². The minimum Gasteiger partial charge on any atom is -0.411 e. The molecule has 2 aromatic rings. The Morgan fingerprint density at radius 3 is 2.43 bits per heavy atom. The van der Waals surface area contributed by atoms with E-state index in [9.17, 15) is 4.79 Å². The van der Waals surface area contributed by atoms with E-state index in [1.165, 1.54) is 11.1 Å². The van der Waals surface area contributed by atoms with Gasteiger partial charge in [0, 0.05) is 52.0 Å². The van der Waals surface area contributed by atoms with Gasteiger partial charge in [-0.3, -0.25) is 4.90 Å². The molecule has 1 saturated heterocycles. The minimum atomic E-state index is -1.99. The van der Waals surface area contributed by atoms with E-state index in [1.807, 2.05) is 28.1 Å². The number of urea groups is 1. The third-order valence-electron chi connectivity index (χ3n) is 7.71. The highest BCUT2D eigenvalue weighted by Gasteiger charge is 2.41. The number of fused-ring (bicyclic) bond motifs is 1. The zero-order valence-corrected chi connectivity index (χ0v) is 24.3. The number of hydrogen-bond acceptors (Lipinski definition) is 4. The van der Waals surface area contributed by atoms with Gasteiger partial charge in [-0.05, 0) is 63.2 Å². The molecule has 1 atom stereocenters. The molecule has 8 heteroatoms. The predicted octanol–water partition coefficient (Wildman–Crippen LogP) is 5.53. The van der Waals surface area contributed by atoms with E-state index in [2.05, 4.69) is 83.9 Å². The second-order valence-corrected chi connectivity index (χ2v) is 17.0. The maximum absolute atomic E-state index is 13.3. The highest BCUT2D eigenvalue weighted by atomic mass is 79.9. The summed E-state index contributed by atoms with van der Waals surface area (Å²) in [5.41, 5.74) is 3.92. The second-order valence-electron chi connectivity index (χ2n) is 11.4. The van der Waals surface area contributed by atoms with Crippen LogP contribution in [0.25, 0.3) is 0 Å². The summed E-state index contributed by atoms with van der Waals surface area (Å²) in [6, 6.07) is 12.8. The van der Waals surface area contributed by atoms with E-state index in [0.717, 1.165) is 49.3 Å². The number of rotatable bonds is 8. The van der Waals surface area contributed by atoms with Crippen LogP contribution in [0.4, 0.5) is 4.79 Å². The Bertz CT molecular complexity index is 1020. The molecule has 2 aliphatic heterocycles. The molecule has 190 valence electrons. The van der Waals surface area contributed by atoms with Gasteiger partial charge < -0.3 is 14.2 Å². The molecule has 0 bridgehead atoms. The molecule has 3 heterocycles. The average molecular weight is 560 g/mol. The van der Waals surface area contributed by atoms with Crippen molar-refractivity contribution in [2.24, 2.45) is 0 Å². The first-order chi connectivity index (χ1) is 16.5. The summed E-state index contributed by atoms with van der Waals surface area (Å²) >= 11 is 3.38. The highest BCUT2D eigenvalue weighted by molar-refractivity contribution is 9.10. The molecule has 35 heavy (non-hydrogen) atoms. The van der Waals surface area contributed by atoms with E-state index < -0.39 is 8.32 Å². The van der Waals surface area contributed by atoms with Crippen LogP contribution in [0.1, 0.15) is 37.5 Å². The van der Waals surface area contributed by atoms with Crippen LogP contribution in [0.2, 0.25) is 18.1 Å². The lowest BCUT2D eigenvalue weighted by Crippen LogP contribution is -2.51. The molecule has 6 nitrogen and oxygen atoms in total. The Labute approximate surface area is 219 Å². The molecule has 0 aliphatic carbocycles. The molecule has 4 rings (SSSR count). The van der Waals surface area contributed by atoms with Gasteiger partial charge in [-0.25, -0.2) is 9.78 Å². The van der Waals surface area contributed by atoms with Crippen LogP contribution in [0.5, 0.6) is 0 Å². The molecular formula is C27H39BrN4O2Si. The Morgan fingerprint density at radius 1 is 1.03 bits per heavy atom. The standard InChI is InChI=1S/C27H39BrN4O2Si/c1-27(2,3)35(4,5)34-24(19-30-13-12-22-8-6-7-9-23(22)18-30)20-32-15-14-31(26(32)33)17-21-10-11-25(28)29-16-21/h6-11,16,24H,12-15,17-20H2,1-5H3. The molecule has 0 saturated carbocycles. The second kappa shape index (κ2) is 10.7. The van der Waals surface area contributed by atoms with Crippen molar-refractivity contribution < 1.29 is 9.22 Å². The maximum Gasteiger partial charge on any atom is 0.320 e. The van der Waals surface area contributed by atoms with Gasteiger partial charge in [0.2, 0.25) is 0 Å². The third-order valence-corrected chi connectivity index (χ3v) is 12.7. The fourth-order valence-corrected chi connectivity index (χ4v) is 6.21. The number of aromatic nitrogens is 1. The normalized spacial score (nSPS) is 18.2. The van der Waals surface area contributed by atoms with Crippen molar-refractivity contribution in [1.82, 2.24) is 19.7 Å². The van der Waals surface area contributed by atoms with Crippen LogP contribution in [-0.2, 0) is 23.9 Å². The van der Waals surface area contributed by atoms with Crippen molar-refractivity contribution in [2.75, 3.05) is 32.7 Å². The summed E-state index contributed by atoms with van der Waals surface area (Å²) in [7, 11) is -1.99. The van der Waals surface area contributed by atoms with Crippen molar-refractivity contribution in [3.8, 4) is 0 Å². The lowest BCUT2D eigenvalue weighted by Gasteiger charge is -2.42. The zero-order chi connectivity index (χ0) is 25.2. The monoisotopic (exact) mass is 558 g/mol. The molecule has 1 fully saturated rings. The molecule has 0 N–H and O–H groups in total. The zero-order valence-electron chi connectivity index (χ0n) is 21.8. The number of amides is 2. The molecule has 1 aromatic heterocycles. The topological polar surface area (TPSA) is 48.9 Å². The largest absolute Gasteiger partial charge is 0.411 e. The third kappa shape index (κ3) is 6.53. The molecular weight excluding hydrogens is 520 g/mol. The van der Waals surface area contributed by atoms with Crippen LogP contribution in [0.3, 0.4) is 0 Å². The van der Waals surface area contributed by atoms with Gasteiger partial charge in [0.05, 0.1) is 6.10 Å². The van der Waals surface area contributed by atoms with Crippen molar-refractivity contribution in [1.29, 1.82) is 0 Å². The van der Waals surface area contributed by atoms with E-state index in [4.69, 9.17) is 4.43 Å². The van der Waals surface area contributed by atoms with Crippen molar-refractivity contribution in [2.45, 2.75) is 64.5 Å². The first kappa shape index (κ1) is 26.3. The lowest BCUT2D eigenvalue weighted by molar-refractivity contribution is 0.0879. The molecule has 2 aliphatic rings. The first-order valence-corrected chi connectivity index (χ1v) is 16.3. The van der Waals surface area contributed by atoms with Gasteiger partial charge in [-0.1, -0.05) is 51.1 Å². The quantitative estimate of drug-likeness (QED) is 0.315. The maximum atomic E-state index is 13.3. The van der Waals surface area contributed by atoms with E-state index in [-0.39, 0.29) is 17.2 Å². The summed E-state index contributed by atoms with van der Waals surface area (Å²) in [5.74, 6) is 0. The fraction of sp³-hybridized carbons (Fsp3) is 0.556. The van der Waals surface area contributed by atoms with Crippen molar-refractivity contribution in [3.63, 3.8) is 0 Å². The van der Waals surface area contributed by atoms with E-state index in [0.29, 0.717) is 13.1 Å². The predicted molar refractivity (Wildman–Crippen MR) is 147 cm³/mol. The number of carbonyl (C=O) groups is 1. The molecule has 0 spiro atoms. The number of pyridine rings is 1. The number of carbonyl (C=O) groups excluding carboxylic acids is 1. The number of nitrogens with zero attached hydrogens (tertiary/aromatic N) is 4. The van der Waals surface area contributed by atoms with Crippen molar-refractivity contribution >= 4 is 30.3 Å². The van der Waals surface area contributed by atoms with E-state index in [1.54, 1.807) is 0 Å². The highest BCUT2D eigenvalue weighted by Crippen LogP contribution is 2.37. The number of hydrogen-bond donors (Lipinski definition) is 0. The number of halogens is 1. The van der Waals surface area contributed by atoms with Gasteiger partial charge in [0.15, 0.2) is 8.32 Å².